The molecule has 1 aromatic rings. The minimum atomic E-state index is 0. The number of rotatable bonds is 2. The first kappa shape index (κ1) is 18.0. The van der Waals surface area contributed by atoms with E-state index in [2.05, 4.69) is 26.1 Å². The fourth-order valence-electron chi connectivity index (χ4n) is 3.08. The predicted octanol–water partition coefficient (Wildman–Crippen LogP) is 2.64. The van der Waals surface area contributed by atoms with Crippen LogP contribution in [0.5, 0.6) is 0 Å². The van der Waals surface area contributed by atoms with E-state index in [1.54, 1.807) is 6.07 Å². The molecule has 3 rings (SSSR count). The zero-order valence-electron chi connectivity index (χ0n) is 12.2. The average molecular weight is 409 g/mol. The number of benzene rings is 1. The summed E-state index contributed by atoms with van der Waals surface area (Å²) in [5.41, 5.74) is 0.671. The summed E-state index contributed by atoms with van der Waals surface area (Å²) in [6.07, 6.45) is 1.07. The lowest BCUT2D eigenvalue weighted by Gasteiger charge is -2.32. The quantitative estimate of drug-likeness (QED) is 0.816. The first-order valence-corrected chi connectivity index (χ1v) is 8.51. The Labute approximate surface area is 150 Å². The number of likely N-dealkylation sites (tertiary alicyclic amines) is 1. The fraction of sp³-hybridized carbons (Fsp3) is 0.533. The summed E-state index contributed by atoms with van der Waals surface area (Å²) < 4.78 is 0.820. The van der Waals surface area contributed by atoms with E-state index in [4.69, 9.17) is 11.6 Å². The highest BCUT2D eigenvalue weighted by Crippen LogP contribution is 2.25. The van der Waals surface area contributed by atoms with Crippen LogP contribution in [-0.2, 0) is 0 Å². The molecule has 2 saturated heterocycles. The lowest BCUT2D eigenvalue weighted by atomic mass is 10.2. The lowest BCUT2D eigenvalue weighted by Crippen LogP contribution is -2.49. The molecule has 0 aromatic heterocycles. The molecular weight excluding hydrogens is 389 g/mol. The van der Waals surface area contributed by atoms with Crippen LogP contribution >= 0.6 is 39.9 Å². The van der Waals surface area contributed by atoms with Crippen LogP contribution < -0.4 is 5.32 Å². The summed E-state index contributed by atoms with van der Waals surface area (Å²) in [4.78, 5) is 17.0. The van der Waals surface area contributed by atoms with E-state index in [0.717, 1.165) is 50.2 Å². The molecule has 7 heteroatoms. The van der Waals surface area contributed by atoms with Gasteiger partial charge in [-0.05, 0) is 40.5 Å². The summed E-state index contributed by atoms with van der Waals surface area (Å²) in [7, 11) is 0. The maximum Gasteiger partial charge on any atom is 0.253 e. The normalized spacial score (nSPS) is 22.5. The topological polar surface area (TPSA) is 35.6 Å². The molecule has 0 spiro atoms. The monoisotopic (exact) mass is 407 g/mol. The summed E-state index contributed by atoms with van der Waals surface area (Å²) in [6, 6.07) is 5.91. The number of amides is 1. The molecule has 1 N–H and O–H groups in total. The first-order valence-electron chi connectivity index (χ1n) is 7.34. The van der Waals surface area contributed by atoms with Gasteiger partial charge in [0.25, 0.3) is 5.91 Å². The van der Waals surface area contributed by atoms with Crippen molar-refractivity contribution in [1.82, 2.24) is 15.1 Å². The fourth-order valence-corrected chi connectivity index (χ4v) is 3.51. The van der Waals surface area contributed by atoms with E-state index in [1.165, 1.54) is 0 Å². The Bertz CT molecular complexity index is 538. The average Bonchev–Trinajstić information content (AvgIpc) is 3.00. The Morgan fingerprint density at radius 2 is 2.00 bits per heavy atom. The molecule has 0 aliphatic carbocycles. The van der Waals surface area contributed by atoms with E-state index < -0.39 is 0 Å². The summed E-state index contributed by atoms with van der Waals surface area (Å²) in [6.45, 7) is 5.92. The van der Waals surface area contributed by atoms with Gasteiger partial charge in [0.1, 0.15) is 0 Å². The van der Waals surface area contributed by atoms with Gasteiger partial charge in [0, 0.05) is 55.3 Å². The van der Waals surface area contributed by atoms with Crippen LogP contribution in [0.4, 0.5) is 0 Å². The zero-order chi connectivity index (χ0) is 14.8. The molecule has 1 unspecified atom stereocenters. The molecule has 0 bridgehead atoms. The molecule has 122 valence electrons. The Hall–Kier alpha value is -0.330. The van der Waals surface area contributed by atoms with Crippen LogP contribution in [-0.4, -0.2) is 61.0 Å². The minimum absolute atomic E-state index is 0. The van der Waals surface area contributed by atoms with Crippen LogP contribution in [0, 0.1) is 0 Å². The highest BCUT2D eigenvalue weighted by molar-refractivity contribution is 9.10. The number of carbonyl (C=O) groups is 1. The highest BCUT2D eigenvalue weighted by Gasteiger charge is 2.31. The van der Waals surface area contributed by atoms with E-state index in [9.17, 15) is 4.79 Å². The van der Waals surface area contributed by atoms with Crippen LogP contribution in [0.1, 0.15) is 16.8 Å². The standard InChI is InChI=1S/C15H19BrClN3O.ClH/c16-13-2-1-11(9-14(13)17)15(21)20-6-3-12(10-20)19-7-4-18-5-8-19;/h1-2,9,12,18H,3-8,10H2;1H. The smallest absolute Gasteiger partial charge is 0.253 e. The molecule has 1 aromatic carbocycles. The van der Waals surface area contributed by atoms with Crippen LogP contribution in [0.15, 0.2) is 22.7 Å². The molecule has 2 heterocycles. The molecule has 4 nitrogen and oxygen atoms in total. The maximum absolute atomic E-state index is 12.6. The van der Waals surface area contributed by atoms with E-state index in [-0.39, 0.29) is 18.3 Å². The predicted molar refractivity (Wildman–Crippen MR) is 95.2 cm³/mol. The molecule has 0 radical (unpaired) electrons. The number of hydrogen-bond donors (Lipinski definition) is 1. The Morgan fingerprint density at radius 3 is 2.68 bits per heavy atom. The Balaban J connectivity index is 0.00000176. The van der Waals surface area contributed by atoms with Crippen LogP contribution in [0.2, 0.25) is 5.02 Å². The number of piperazine rings is 1. The van der Waals surface area contributed by atoms with Crippen molar-refractivity contribution >= 4 is 45.8 Å². The van der Waals surface area contributed by atoms with Crippen molar-refractivity contribution in [1.29, 1.82) is 0 Å². The van der Waals surface area contributed by atoms with Crippen molar-refractivity contribution in [2.45, 2.75) is 12.5 Å². The van der Waals surface area contributed by atoms with E-state index in [0.29, 0.717) is 16.6 Å². The van der Waals surface area contributed by atoms with Crippen molar-refractivity contribution in [2.24, 2.45) is 0 Å². The van der Waals surface area contributed by atoms with Gasteiger partial charge >= 0.3 is 0 Å². The molecule has 2 aliphatic heterocycles. The maximum atomic E-state index is 12.6. The van der Waals surface area contributed by atoms with Crippen molar-refractivity contribution < 1.29 is 4.79 Å². The molecule has 0 saturated carbocycles. The van der Waals surface area contributed by atoms with Crippen LogP contribution in [0.25, 0.3) is 0 Å². The molecule has 1 amide bonds. The molecule has 2 fully saturated rings. The van der Waals surface area contributed by atoms with Crippen molar-refractivity contribution in [3.63, 3.8) is 0 Å². The van der Waals surface area contributed by atoms with Gasteiger partial charge in [-0.3, -0.25) is 9.69 Å². The number of nitrogens with one attached hydrogen (secondary N) is 1. The second-order valence-corrected chi connectivity index (χ2v) is 6.87. The van der Waals surface area contributed by atoms with Gasteiger partial charge in [0.2, 0.25) is 0 Å². The van der Waals surface area contributed by atoms with Crippen LogP contribution in [0.3, 0.4) is 0 Å². The first-order chi connectivity index (χ1) is 10.1. The van der Waals surface area contributed by atoms with Gasteiger partial charge in [-0.1, -0.05) is 11.6 Å². The van der Waals surface area contributed by atoms with Crippen molar-refractivity contribution in [3.05, 3.63) is 33.3 Å². The Morgan fingerprint density at radius 1 is 1.27 bits per heavy atom. The van der Waals surface area contributed by atoms with Crippen molar-refractivity contribution in [2.75, 3.05) is 39.3 Å². The number of halogens is 3. The lowest BCUT2D eigenvalue weighted by molar-refractivity contribution is 0.0773. The Kier molecular flexibility index (Phi) is 6.53. The van der Waals surface area contributed by atoms with Gasteiger partial charge in [-0.15, -0.1) is 12.4 Å². The van der Waals surface area contributed by atoms with Gasteiger partial charge in [-0.2, -0.15) is 0 Å². The van der Waals surface area contributed by atoms with Crippen molar-refractivity contribution in [3.8, 4) is 0 Å². The molecule has 22 heavy (non-hydrogen) atoms. The summed E-state index contributed by atoms with van der Waals surface area (Å²) in [5.74, 6) is 0.0852. The third-order valence-electron chi connectivity index (χ3n) is 4.29. The summed E-state index contributed by atoms with van der Waals surface area (Å²) >= 11 is 9.44. The molecule has 2 aliphatic rings. The van der Waals surface area contributed by atoms with E-state index >= 15 is 0 Å². The van der Waals surface area contributed by atoms with E-state index in [1.807, 2.05) is 17.0 Å². The van der Waals surface area contributed by atoms with Gasteiger partial charge in [0.05, 0.1) is 5.02 Å². The largest absolute Gasteiger partial charge is 0.337 e. The number of nitrogens with zero attached hydrogens (tertiary/aromatic N) is 2. The highest BCUT2D eigenvalue weighted by atomic mass is 79.9. The number of carbonyl (C=O) groups excluding carboxylic acids is 1. The molecular formula is C15H20BrCl2N3O. The van der Waals surface area contributed by atoms with Gasteiger partial charge in [0.15, 0.2) is 0 Å². The van der Waals surface area contributed by atoms with Gasteiger partial charge in [-0.25, -0.2) is 0 Å². The zero-order valence-corrected chi connectivity index (χ0v) is 15.4. The number of hydrogen-bond acceptors (Lipinski definition) is 3. The minimum Gasteiger partial charge on any atom is -0.337 e. The third-order valence-corrected chi connectivity index (χ3v) is 5.52. The third kappa shape index (κ3) is 3.95. The second-order valence-electron chi connectivity index (χ2n) is 5.61. The SMILES string of the molecule is Cl.O=C(c1ccc(Br)c(Cl)c1)N1CCC(N2CCNCC2)C1. The summed E-state index contributed by atoms with van der Waals surface area (Å²) in [5, 5.41) is 3.95. The second kappa shape index (κ2) is 7.97. The van der Waals surface area contributed by atoms with Gasteiger partial charge < -0.3 is 10.2 Å². The molecule has 1 atom stereocenters.